The van der Waals surface area contributed by atoms with Crippen molar-refractivity contribution in [2.24, 2.45) is 10.9 Å². The van der Waals surface area contributed by atoms with Gasteiger partial charge in [-0.1, -0.05) is 25.1 Å². The first kappa shape index (κ1) is 20.6. The van der Waals surface area contributed by atoms with Gasteiger partial charge in [0.25, 0.3) is 0 Å². The molecule has 3 rings (SSSR count). The third-order valence-electron chi connectivity index (χ3n) is 5.79. The summed E-state index contributed by atoms with van der Waals surface area (Å²) in [5, 5.41) is 9.77. The Balaban J connectivity index is 1.58. The van der Waals surface area contributed by atoms with Crippen LogP contribution in [0.25, 0.3) is 0 Å². The highest BCUT2D eigenvalue weighted by atomic mass is 16.1. The van der Waals surface area contributed by atoms with Crippen LogP contribution in [0.3, 0.4) is 0 Å². The molecule has 6 nitrogen and oxygen atoms in total. The number of fused-ring (bicyclic) bond motifs is 1. The van der Waals surface area contributed by atoms with Gasteiger partial charge in [-0.3, -0.25) is 14.7 Å². The van der Waals surface area contributed by atoms with Gasteiger partial charge < -0.3 is 16.0 Å². The zero-order valence-corrected chi connectivity index (χ0v) is 17.5. The second kappa shape index (κ2) is 9.92. The van der Waals surface area contributed by atoms with E-state index in [0.717, 1.165) is 30.7 Å². The molecule has 3 atom stereocenters. The normalized spacial score (nSPS) is 24.2. The van der Waals surface area contributed by atoms with Crippen LogP contribution in [0.1, 0.15) is 51.5 Å². The van der Waals surface area contributed by atoms with E-state index in [1.807, 2.05) is 18.2 Å². The van der Waals surface area contributed by atoms with E-state index < -0.39 is 0 Å². The molecule has 1 fully saturated rings. The third kappa shape index (κ3) is 5.47. The Bertz CT molecular complexity index is 689. The number of amides is 1. The summed E-state index contributed by atoms with van der Waals surface area (Å²) < 4.78 is 0. The van der Waals surface area contributed by atoms with Gasteiger partial charge in [0.2, 0.25) is 5.91 Å². The lowest BCUT2D eigenvalue weighted by molar-refractivity contribution is -0.116. The molecule has 1 aromatic carbocycles. The summed E-state index contributed by atoms with van der Waals surface area (Å²) in [6.45, 7) is 11.3. The first-order valence-electron chi connectivity index (χ1n) is 10.7. The van der Waals surface area contributed by atoms with E-state index in [1.165, 1.54) is 31.5 Å². The van der Waals surface area contributed by atoms with Crippen LogP contribution in [0, 0.1) is 5.92 Å². The predicted molar refractivity (Wildman–Crippen MR) is 116 cm³/mol. The molecule has 0 bridgehead atoms. The Morgan fingerprint density at radius 2 is 2.18 bits per heavy atom. The maximum Gasteiger partial charge on any atom is 0.225 e. The highest BCUT2D eigenvalue weighted by Crippen LogP contribution is 2.31. The average Bonchev–Trinajstić information content (AvgIpc) is 2.69. The minimum Gasteiger partial charge on any atom is -0.357 e. The number of likely N-dealkylation sites (tertiary alicyclic amines) is 1. The maximum atomic E-state index is 12.0. The van der Waals surface area contributed by atoms with E-state index in [9.17, 15) is 4.79 Å². The number of anilines is 1. The van der Waals surface area contributed by atoms with Crippen molar-refractivity contribution < 1.29 is 4.79 Å². The monoisotopic (exact) mass is 385 g/mol. The van der Waals surface area contributed by atoms with Crippen molar-refractivity contribution in [3.05, 3.63) is 29.8 Å². The molecule has 2 heterocycles. The summed E-state index contributed by atoms with van der Waals surface area (Å²) in [6.07, 6.45) is 3.13. The number of nitrogens with zero attached hydrogens (tertiary/aromatic N) is 2. The number of guanidine groups is 1. The number of nitrogens with one attached hydrogen (secondary N) is 3. The van der Waals surface area contributed by atoms with Crippen LogP contribution in [0.2, 0.25) is 0 Å². The van der Waals surface area contributed by atoms with Gasteiger partial charge in [0.15, 0.2) is 5.96 Å². The number of piperidine rings is 1. The molecule has 28 heavy (non-hydrogen) atoms. The molecule has 0 aliphatic carbocycles. The van der Waals surface area contributed by atoms with Crippen LogP contribution in [0.5, 0.6) is 0 Å². The number of benzene rings is 1. The average molecular weight is 386 g/mol. The first-order valence-corrected chi connectivity index (χ1v) is 10.7. The van der Waals surface area contributed by atoms with Crippen LogP contribution in [-0.4, -0.2) is 55.5 Å². The predicted octanol–water partition coefficient (Wildman–Crippen LogP) is 2.79. The molecule has 0 saturated carbocycles. The lowest BCUT2D eigenvalue weighted by Crippen LogP contribution is -2.44. The van der Waals surface area contributed by atoms with Crippen molar-refractivity contribution in [2.45, 2.75) is 52.0 Å². The fourth-order valence-corrected chi connectivity index (χ4v) is 4.21. The number of aliphatic imine (C=N–C) groups is 1. The van der Waals surface area contributed by atoms with Gasteiger partial charge in [-0.05, 0) is 50.8 Å². The van der Waals surface area contributed by atoms with Gasteiger partial charge in [-0.25, -0.2) is 0 Å². The van der Waals surface area contributed by atoms with E-state index in [2.05, 4.69) is 47.7 Å². The minimum absolute atomic E-state index is 0.0836. The summed E-state index contributed by atoms with van der Waals surface area (Å²) >= 11 is 0. The maximum absolute atomic E-state index is 12.0. The molecule has 1 aromatic rings. The number of hydrogen-bond donors (Lipinski definition) is 3. The summed E-state index contributed by atoms with van der Waals surface area (Å²) in [5.41, 5.74) is 2.13. The lowest BCUT2D eigenvalue weighted by Gasteiger charge is -2.35. The minimum atomic E-state index is 0.0836. The van der Waals surface area contributed by atoms with E-state index in [1.54, 1.807) is 0 Å². The summed E-state index contributed by atoms with van der Waals surface area (Å²) in [5.74, 6) is 1.86. The standard InChI is InChI=1S/C22H35N5O/c1-4-23-22(24-13-17(3)27-11-7-8-16(2)15-27)25-14-18-12-21(28)26-20-10-6-5-9-19(18)20/h5-6,9-10,16-18H,4,7-8,11-15H2,1-3H3,(H,26,28)(H2,23,24,25). The Morgan fingerprint density at radius 3 is 2.96 bits per heavy atom. The zero-order chi connectivity index (χ0) is 19.9. The Morgan fingerprint density at radius 1 is 1.36 bits per heavy atom. The fourth-order valence-electron chi connectivity index (χ4n) is 4.21. The third-order valence-corrected chi connectivity index (χ3v) is 5.79. The Labute approximate surface area is 169 Å². The highest BCUT2D eigenvalue weighted by Gasteiger charge is 2.25. The van der Waals surface area contributed by atoms with E-state index in [0.29, 0.717) is 19.0 Å². The quantitative estimate of drug-likeness (QED) is 0.520. The second-order valence-electron chi connectivity index (χ2n) is 8.23. The Kier molecular flexibility index (Phi) is 7.31. The largest absolute Gasteiger partial charge is 0.357 e. The smallest absolute Gasteiger partial charge is 0.225 e. The number of para-hydroxylation sites is 1. The van der Waals surface area contributed by atoms with Crippen LogP contribution in [-0.2, 0) is 4.79 Å². The molecule has 1 saturated heterocycles. The molecule has 154 valence electrons. The molecule has 1 amide bonds. The van der Waals surface area contributed by atoms with Crippen LogP contribution in [0.4, 0.5) is 5.69 Å². The number of rotatable bonds is 6. The number of carbonyl (C=O) groups excluding carboxylic acids is 1. The molecule has 3 N–H and O–H groups in total. The van der Waals surface area contributed by atoms with Gasteiger partial charge in [0.05, 0.1) is 6.54 Å². The van der Waals surface area contributed by atoms with Crippen LogP contribution >= 0.6 is 0 Å². The molecule has 0 aromatic heterocycles. The Hall–Kier alpha value is -2.08. The van der Waals surface area contributed by atoms with E-state index in [-0.39, 0.29) is 11.8 Å². The summed E-state index contributed by atoms with van der Waals surface area (Å²) in [6, 6.07) is 8.51. The molecule has 0 spiro atoms. The highest BCUT2D eigenvalue weighted by molar-refractivity contribution is 5.94. The van der Waals surface area contributed by atoms with Gasteiger partial charge in [0, 0.05) is 43.7 Å². The zero-order valence-electron chi connectivity index (χ0n) is 17.5. The van der Waals surface area contributed by atoms with Crippen molar-refractivity contribution in [2.75, 3.05) is 38.0 Å². The van der Waals surface area contributed by atoms with Crippen molar-refractivity contribution in [1.82, 2.24) is 15.5 Å². The first-order chi connectivity index (χ1) is 13.6. The topological polar surface area (TPSA) is 68.8 Å². The fraction of sp³-hybridized carbons (Fsp3) is 0.636. The van der Waals surface area contributed by atoms with E-state index >= 15 is 0 Å². The summed E-state index contributed by atoms with van der Waals surface area (Å²) in [4.78, 5) is 19.4. The van der Waals surface area contributed by atoms with Gasteiger partial charge in [0.1, 0.15) is 0 Å². The number of hydrogen-bond acceptors (Lipinski definition) is 3. The van der Waals surface area contributed by atoms with E-state index in [4.69, 9.17) is 4.99 Å². The summed E-state index contributed by atoms with van der Waals surface area (Å²) in [7, 11) is 0. The van der Waals surface area contributed by atoms with Crippen LogP contribution < -0.4 is 16.0 Å². The van der Waals surface area contributed by atoms with Crippen molar-refractivity contribution in [3.8, 4) is 0 Å². The van der Waals surface area contributed by atoms with Gasteiger partial charge in [-0.15, -0.1) is 0 Å². The molecule has 0 radical (unpaired) electrons. The van der Waals surface area contributed by atoms with Gasteiger partial charge in [-0.2, -0.15) is 0 Å². The second-order valence-corrected chi connectivity index (χ2v) is 8.23. The molecule has 6 heteroatoms. The molecular formula is C22H35N5O. The van der Waals surface area contributed by atoms with Crippen molar-refractivity contribution in [3.63, 3.8) is 0 Å². The lowest BCUT2D eigenvalue weighted by atomic mass is 9.90. The molecule has 2 aliphatic rings. The van der Waals surface area contributed by atoms with Crippen molar-refractivity contribution in [1.29, 1.82) is 0 Å². The number of carbonyl (C=O) groups is 1. The van der Waals surface area contributed by atoms with Gasteiger partial charge >= 0.3 is 0 Å². The van der Waals surface area contributed by atoms with Crippen LogP contribution in [0.15, 0.2) is 29.3 Å². The molecule has 3 unspecified atom stereocenters. The molecular weight excluding hydrogens is 350 g/mol. The SMILES string of the molecule is CCNC(=NCC(C)N1CCCC(C)C1)NCC1CC(=O)Nc2ccccc21. The molecule has 2 aliphatic heterocycles. The van der Waals surface area contributed by atoms with Crippen molar-refractivity contribution >= 4 is 17.6 Å².